The molecule has 0 spiro atoms. The summed E-state index contributed by atoms with van der Waals surface area (Å²) in [6.45, 7) is 0.423. The maximum atomic E-state index is 13.2. The molecule has 1 fully saturated rings. The van der Waals surface area contributed by atoms with Gasteiger partial charge in [-0.15, -0.1) is 0 Å². The number of hydrogen-bond acceptors (Lipinski definition) is 4. The molecule has 0 unspecified atom stereocenters. The fourth-order valence-corrected chi connectivity index (χ4v) is 3.32. The van der Waals surface area contributed by atoms with E-state index in [0.29, 0.717) is 30.6 Å². The molecule has 0 radical (unpaired) electrons. The number of hydrogen-bond donors (Lipinski definition) is 0. The van der Waals surface area contributed by atoms with Gasteiger partial charge in [0.25, 0.3) is 11.8 Å². The van der Waals surface area contributed by atoms with Crippen LogP contribution in [0.1, 0.15) is 28.9 Å². The monoisotopic (exact) mass is 342 g/mol. The van der Waals surface area contributed by atoms with Crippen LogP contribution in [-0.4, -0.2) is 52.2 Å². The summed E-state index contributed by atoms with van der Waals surface area (Å²) in [5, 5.41) is 0. The van der Waals surface area contributed by atoms with Crippen LogP contribution < -0.4 is 0 Å². The van der Waals surface area contributed by atoms with E-state index in [-0.39, 0.29) is 11.8 Å². The highest BCUT2D eigenvalue weighted by molar-refractivity contribution is 5.99. The van der Waals surface area contributed by atoms with E-state index in [1.54, 1.807) is 14.1 Å². The Hall–Kier alpha value is -2.83. The zero-order chi connectivity index (χ0) is 18.0. The Morgan fingerprint density at radius 2 is 1.92 bits per heavy atom. The number of aromatic nitrogens is 2. The summed E-state index contributed by atoms with van der Waals surface area (Å²) in [5.74, 6) is -0.957. The summed E-state index contributed by atoms with van der Waals surface area (Å²) in [6, 6.07) is 5.33. The lowest BCUT2D eigenvalue weighted by atomic mass is 9.89. The molecule has 0 bridgehead atoms. The van der Waals surface area contributed by atoms with Crippen LogP contribution in [0.2, 0.25) is 0 Å². The molecule has 25 heavy (non-hydrogen) atoms. The molecule has 1 aromatic carbocycles. The Labute approximate surface area is 145 Å². The first-order chi connectivity index (χ1) is 12.0. The molecule has 1 atom stereocenters. The van der Waals surface area contributed by atoms with Gasteiger partial charge in [0, 0.05) is 38.6 Å². The summed E-state index contributed by atoms with van der Waals surface area (Å²) in [4.78, 5) is 37.5. The minimum absolute atomic E-state index is 0.221. The lowest BCUT2D eigenvalue weighted by Gasteiger charge is -2.38. The lowest BCUT2D eigenvalue weighted by molar-refractivity contribution is -0.140. The van der Waals surface area contributed by atoms with Gasteiger partial charge in [0.1, 0.15) is 5.82 Å². The van der Waals surface area contributed by atoms with Crippen molar-refractivity contribution in [3.8, 4) is 0 Å². The van der Waals surface area contributed by atoms with E-state index in [4.69, 9.17) is 0 Å². The predicted molar refractivity (Wildman–Crippen MR) is 89.1 cm³/mol. The van der Waals surface area contributed by atoms with Crippen molar-refractivity contribution in [2.24, 2.45) is 0 Å². The summed E-state index contributed by atoms with van der Waals surface area (Å²) in [7, 11) is 3.30. The van der Waals surface area contributed by atoms with Gasteiger partial charge in [0.2, 0.25) is 0 Å². The fraction of sp³-hybridized carbons (Fsp3) is 0.333. The Balaban J connectivity index is 2.09. The third kappa shape index (κ3) is 2.86. The first-order valence-electron chi connectivity index (χ1n) is 8.02. The molecular weight excluding hydrogens is 323 g/mol. The molecule has 2 amide bonds. The normalized spacial score (nSPS) is 19.7. The van der Waals surface area contributed by atoms with E-state index in [0.717, 1.165) is 0 Å². The van der Waals surface area contributed by atoms with Crippen molar-refractivity contribution in [1.82, 2.24) is 19.8 Å². The van der Waals surface area contributed by atoms with E-state index in [9.17, 15) is 14.0 Å². The van der Waals surface area contributed by atoms with Gasteiger partial charge < -0.3 is 9.80 Å². The summed E-state index contributed by atoms with van der Waals surface area (Å²) < 4.78 is 13.2. The van der Waals surface area contributed by atoms with Gasteiger partial charge in [-0.2, -0.15) is 0 Å². The van der Waals surface area contributed by atoms with Crippen molar-refractivity contribution < 1.29 is 14.0 Å². The summed E-state index contributed by atoms with van der Waals surface area (Å²) >= 11 is 0. The number of likely N-dealkylation sites (N-methyl/N-ethyl adjacent to an activating group) is 1. The van der Waals surface area contributed by atoms with Gasteiger partial charge in [0.15, 0.2) is 5.54 Å². The number of nitrogens with zero attached hydrogens (tertiary/aromatic N) is 4. The molecule has 1 aliphatic rings. The molecule has 3 rings (SSSR count). The molecule has 0 N–H and O–H groups in total. The molecule has 2 heterocycles. The number of amides is 2. The van der Waals surface area contributed by atoms with Crippen molar-refractivity contribution >= 4 is 11.8 Å². The summed E-state index contributed by atoms with van der Waals surface area (Å²) in [6.07, 6.45) is 5.70. The number of benzene rings is 1. The predicted octanol–water partition coefficient (Wildman–Crippen LogP) is 1.84. The largest absolute Gasteiger partial charge is 0.346 e. The highest BCUT2D eigenvalue weighted by Gasteiger charge is 2.53. The topological polar surface area (TPSA) is 66.4 Å². The molecule has 6 nitrogen and oxygen atoms in total. The van der Waals surface area contributed by atoms with Gasteiger partial charge >= 0.3 is 0 Å². The first-order valence-corrected chi connectivity index (χ1v) is 8.02. The number of carbonyl (C=O) groups excluding carboxylic acids is 2. The van der Waals surface area contributed by atoms with Crippen molar-refractivity contribution in [2.45, 2.75) is 18.4 Å². The first kappa shape index (κ1) is 17.0. The average Bonchev–Trinajstić information content (AvgIpc) is 3.07. The van der Waals surface area contributed by atoms with E-state index >= 15 is 0 Å². The molecular formula is C18H19FN4O2. The van der Waals surface area contributed by atoms with Crippen LogP contribution in [0.25, 0.3) is 0 Å². The average molecular weight is 342 g/mol. The Morgan fingerprint density at radius 1 is 1.20 bits per heavy atom. The second-order valence-corrected chi connectivity index (χ2v) is 6.22. The maximum Gasteiger partial charge on any atom is 0.255 e. The molecule has 1 aromatic heterocycles. The third-order valence-electron chi connectivity index (χ3n) is 4.46. The molecule has 7 heteroatoms. The second-order valence-electron chi connectivity index (χ2n) is 6.22. The van der Waals surface area contributed by atoms with Gasteiger partial charge in [-0.25, -0.2) is 4.39 Å². The highest BCUT2D eigenvalue weighted by atomic mass is 19.1. The van der Waals surface area contributed by atoms with Gasteiger partial charge in [-0.05, 0) is 37.1 Å². The van der Waals surface area contributed by atoms with Crippen LogP contribution in [0.5, 0.6) is 0 Å². The maximum absolute atomic E-state index is 13.2. The Bertz CT molecular complexity index is 779. The van der Waals surface area contributed by atoms with Crippen LogP contribution in [0, 0.1) is 5.82 Å². The van der Waals surface area contributed by atoms with Crippen molar-refractivity contribution in [1.29, 1.82) is 0 Å². The number of rotatable bonds is 3. The third-order valence-corrected chi connectivity index (χ3v) is 4.46. The zero-order valence-corrected chi connectivity index (χ0v) is 14.1. The molecule has 0 aliphatic carbocycles. The fourth-order valence-electron chi connectivity index (χ4n) is 3.32. The van der Waals surface area contributed by atoms with Gasteiger partial charge in [-0.1, -0.05) is 0 Å². The van der Waals surface area contributed by atoms with Crippen molar-refractivity contribution in [2.75, 3.05) is 20.6 Å². The lowest BCUT2D eigenvalue weighted by Crippen LogP contribution is -2.55. The van der Waals surface area contributed by atoms with Crippen molar-refractivity contribution in [3.05, 3.63) is 59.9 Å². The number of halogens is 1. The Kier molecular flexibility index (Phi) is 4.48. The minimum Gasteiger partial charge on any atom is -0.346 e. The van der Waals surface area contributed by atoms with Crippen LogP contribution >= 0.6 is 0 Å². The van der Waals surface area contributed by atoms with E-state index < -0.39 is 11.4 Å². The van der Waals surface area contributed by atoms with Gasteiger partial charge in [-0.3, -0.25) is 19.6 Å². The number of likely N-dealkylation sites (tertiary alicyclic amines) is 1. The SMILES string of the molecule is CN(C)C(=O)[C@]1(c2cnccn2)CCCN1C(=O)c1ccc(F)cc1. The second kappa shape index (κ2) is 6.58. The molecule has 2 aromatic rings. The molecule has 0 saturated carbocycles. The Morgan fingerprint density at radius 3 is 2.52 bits per heavy atom. The number of carbonyl (C=O) groups is 2. The minimum atomic E-state index is -1.19. The molecule has 130 valence electrons. The van der Waals surface area contributed by atoms with Crippen LogP contribution in [0.4, 0.5) is 4.39 Å². The van der Waals surface area contributed by atoms with Crippen LogP contribution in [0.15, 0.2) is 42.9 Å². The van der Waals surface area contributed by atoms with E-state index in [1.807, 2.05) is 0 Å². The van der Waals surface area contributed by atoms with E-state index in [1.165, 1.54) is 52.7 Å². The van der Waals surface area contributed by atoms with Gasteiger partial charge in [0.05, 0.1) is 11.9 Å². The molecule has 1 aliphatic heterocycles. The highest BCUT2D eigenvalue weighted by Crippen LogP contribution is 2.40. The quantitative estimate of drug-likeness (QED) is 0.854. The smallest absolute Gasteiger partial charge is 0.255 e. The summed E-state index contributed by atoms with van der Waals surface area (Å²) in [5.41, 5.74) is -0.409. The van der Waals surface area contributed by atoms with Crippen LogP contribution in [-0.2, 0) is 10.3 Å². The standard InChI is InChI=1S/C18H19FN4O2/c1-22(2)17(25)18(15-12-20-9-10-21-15)8-3-11-23(18)16(24)13-4-6-14(19)7-5-13/h4-7,9-10,12H,3,8,11H2,1-2H3/t18-/m1/s1. The van der Waals surface area contributed by atoms with Crippen molar-refractivity contribution in [3.63, 3.8) is 0 Å². The molecule has 1 saturated heterocycles. The van der Waals surface area contributed by atoms with Crippen LogP contribution in [0.3, 0.4) is 0 Å². The van der Waals surface area contributed by atoms with E-state index in [2.05, 4.69) is 9.97 Å². The zero-order valence-electron chi connectivity index (χ0n) is 14.1.